The van der Waals surface area contributed by atoms with E-state index in [9.17, 15) is 23.2 Å². The maximum Gasteiger partial charge on any atom is 0.417 e. The Morgan fingerprint density at radius 1 is 1.05 bits per heavy atom. The van der Waals surface area contributed by atoms with Gasteiger partial charge in [-0.15, -0.1) is 0 Å². The van der Waals surface area contributed by atoms with E-state index < -0.39 is 23.7 Å². The maximum absolute atomic E-state index is 13.2. The first kappa shape index (κ1) is 24.6. The summed E-state index contributed by atoms with van der Waals surface area (Å²) >= 11 is 0. The minimum absolute atomic E-state index is 0.0104. The highest BCUT2D eigenvalue weighted by Gasteiger charge is 2.23. The van der Waals surface area contributed by atoms with Crippen molar-refractivity contribution in [1.29, 1.82) is 0 Å². The summed E-state index contributed by atoms with van der Waals surface area (Å²) in [4.78, 5) is 44.0. The summed E-state index contributed by atoms with van der Waals surface area (Å²) in [5, 5.41) is 9.52. The second kappa shape index (κ2) is 9.76. The number of H-pyrrole nitrogens is 1. The fraction of sp³-hybridized carbons (Fsp3) is 0.160. The zero-order valence-electron chi connectivity index (χ0n) is 19.8. The Morgan fingerprint density at radius 2 is 1.82 bits per heavy atom. The van der Waals surface area contributed by atoms with Crippen LogP contribution in [0.2, 0.25) is 0 Å². The van der Waals surface area contributed by atoms with Crippen LogP contribution in [0.25, 0.3) is 16.7 Å². The molecule has 0 saturated heterocycles. The van der Waals surface area contributed by atoms with Crippen LogP contribution in [-0.2, 0) is 13.1 Å². The van der Waals surface area contributed by atoms with Crippen molar-refractivity contribution in [2.24, 2.45) is 0 Å². The van der Waals surface area contributed by atoms with Crippen LogP contribution < -0.4 is 21.1 Å². The molecule has 11 nitrogen and oxygen atoms in total. The Bertz CT molecular complexity index is 1720. The van der Waals surface area contributed by atoms with Gasteiger partial charge in [-0.2, -0.15) is 13.9 Å². The second-order valence-electron chi connectivity index (χ2n) is 8.40. The van der Waals surface area contributed by atoms with E-state index in [0.717, 1.165) is 0 Å². The van der Waals surface area contributed by atoms with Gasteiger partial charge in [-0.3, -0.25) is 14.6 Å². The summed E-state index contributed by atoms with van der Waals surface area (Å²) < 4.78 is 37.1. The Morgan fingerprint density at radius 3 is 2.61 bits per heavy atom. The fourth-order valence-corrected chi connectivity index (χ4v) is 3.77. The first-order valence-corrected chi connectivity index (χ1v) is 11.3. The topological polar surface area (TPSA) is 144 Å². The molecule has 13 heteroatoms. The molecule has 0 saturated carbocycles. The van der Waals surface area contributed by atoms with Crippen molar-refractivity contribution in [2.45, 2.75) is 26.1 Å². The van der Waals surface area contributed by atoms with Gasteiger partial charge in [-0.1, -0.05) is 18.2 Å². The van der Waals surface area contributed by atoms with Crippen molar-refractivity contribution >= 4 is 28.6 Å². The third-order valence-corrected chi connectivity index (χ3v) is 5.41. The van der Waals surface area contributed by atoms with Crippen LogP contribution in [0.15, 0.2) is 70.0 Å². The number of nitrogens with one attached hydrogen (secondary N) is 3. The number of hydrogen-bond acceptors (Lipinski definition) is 7. The first-order chi connectivity index (χ1) is 18.1. The number of aromatic nitrogens is 4. The number of halogens is 2. The van der Waals surface area contributed by atoms with Gasteiger partial charge in [0.05, 0.1) is 11.7 Å². The Kier molecular flexibility index (Phi) is 6.33. The third-order valence-electron chi connectivity index (χ3n) is 5.41. The van der Waals surface area contributed by atoms with E-state index >= 15 is 0 Å². The van der Waals surface area contributed by atoms with Gasteiger partial charge in [0.25, 0.3) is 11.8 Å². The van der Waals surface area contributed by atoms with Gasteiger partial charge in [-0.05, 0) is 35.4 Å². The average Bonchev–Trinajstić information content (AvgIpc) is 3.49. The van der Waals surface area contributed by atoms with Crippen molar-refractivity contribution < 1.29 is 27.5 Å². The molecule has 3 N–H and O–H groups in total. The number of oxazole rings is 1. The number of ether oxygens (including phenoxy) is 1. The van der Waals surface area contributed by atoms with Crippen LogP contribution in [0.4, 0.5) is 8.78 Å². The zero-order chi connectivity index (χ0) is 26.9. The largest absolute Gasteiger partial charge is 0.433 e. The number of nitrogens with zero attached hydrogens (tertiary/aromatic N) is 3. The Hall–Kier alpha value is -5.07. The van der Waals surface area contributed by atoms with Crippen molar-refractivity contribution in [3.63, 3.8) is 0 Å². The summed E-state index contributed by atoms with van der Waals surface area (Å²) in [5.74, 6) is -1.71. The van der Waals surface area contributed by atoms with Crippen LogP contribution in [-0.4, -0.2) is 37.5 Å². The SMILES string of the molecule is CC(F)(F)Oc1cccc(CNC(=O)c2cc(C(=O)NCc3ccc4oc(=O)[nH]c4c3)nc3ccnn23)c1. The van der Waals surface area contributed by atoms with Crippen LogP contribution >= 0.6 is 0 Å². The molecule has 0 fully saturated rings. The number of alkyl halides is 2. The van der Waals surface area contributed by atoms with Crippen LogP contribution in [0.3, 0.4) is 0 Å². The number of carbonyl (C=O) groups is 2. The molecule has 3 aromatic heterocycles. The van der Waals surface area contributed by atoms with Crippen LogP contribution in [0.5, 0.6) is 5.75 Å². The first-order valence-electron chi connectivity index (χ1n) is 11.3. The van der Waals surface area contributed by atoms with E-state index in [1.54, 1.807) is 30.3 Å². The summed E-state index contributed by atoms with van der Waals surface area (Å²) in [6.07, 6.45) is -1.90. The normalized spacial score (nSPS) is 11.6. The van der Waals surface area contributed by atoms with E-state index in [2.05, 4.69) is 30.4 Å². The molecular formula is C25H20F2N6O5. The molecule has 5 aromatic rings. The zero-order valence-corrected chi connectivity index (χ0v) is 19.8. The van der Waals surface area contributed by atoms with Crippen molar-refractivity contribution in [2.75, 3.05) is 0 Å². The van der Waals surface area contributed by atoms with Gasteiger partial charge >= 0.3 is 11.9 Å². The Labute approximate surface area is 212 Å². The minimum atomic E-state index is -3.34. The third kappa shape index (κ3) is 5.51. The molecule has 5 rings (SSSR count). The number of rotatable bonds is 8. The number of benzene rings is 2. The quantitative estimate of drug-likeness (QED) is 0.284. The smallest absolute Gasteiger partial charge is 0.417 e. The summed E-state index contributed by atoms with van der Waals surface area (Å²) in [6, 6.07) is 13.8. The lowest BCUT2D eigenvalue weighted by atomic mass is 10.2. The van der Waals surface area contributed by atoms with Crippen molar-refractivity contribution in [3.05, 3.63) is 93.9 Å². The average molecular weight is 522 g/mol. The lowest BCUT2D eigenvalue weighted by Crippen LogP contribution is -2.28. The molecule has 2 aromatic carbocycles. The van der Waals surface area contributed by atoms with Gasteiger partial charge < -0.3 is 19.8 Å². The number of hydrogen-bond donors (Lipinski definition) is 3. The fourth-order valence-electron chi connectivity index (χ4n) is 3.77. The van der Waals surface area contributed by atoms with Crippen LogP contribution in [0, 0.1) is 0 Å². The molecule has 0 bridgehead atoms. The summed E-state index contributed by atoms with van der Waals surface area (Å²) in [7, 11) is 0. The molecule has 2 amide bonds. The number of amides is 2. The minimum Gasteiger partial charge on any atom is -0.433 e. The number of aromatic amines is 1. The van der Waals surface area contributed by atoms with E-state index in [0.29, 0.717) is 29.2 Å². The molecule has 0 aliphatic heterocycles. The highest BCUT2D eigenvalue weighted by molar-refractivity contribution is 5.98. The van der Waals surface area contributed by atoms with E-state index in [1.807, 2.05) is 0 Å². The van der Waals surface area contributed by atoms with Gasteiger partial charge in [-0.25, -0.2) is 14.3 Å². The molecule has 0 spiro atoms. The second-order valence-corrected chi connectivity index (χ2v) is 8.40. The van der Waals surface area contributed by atoms with E-state index in [-0.39, 0.29) is 35.9 Å². The molecule has 0 radical (unpaired) electrons. The van der Waals surface area contributed by atoms with E-state index in [4.69, 9.17) is 4.42 Å². The van der Waals surface area contributed by atoms with Gasteiger partial charge in [0.2, 0.25) is 0 Å². The predicted molar refractivity (Wildman–Crippen MR) is 130 cm³/mol. The predicted octanol–water partition coefficient (Wildman–Crippen LogP) is 3.02. The van der Waals surface area contributed by atoms with Gasteiger partial charge in [0.15, 0.2) is 11.2 Å². The number of carbonyl (C=O) groups excluding carboxylic acids is 2. The molecular weight excluding hydrogens is 502 g/mol. The van der Waals surface area contributed by atoms with Crippen LogP contribution in [0.1, 0.15) is 39.0 Å². The summed E-state index contributed by atoms with van der Waals surface area (Å²) in [6.45, 7) is 0.773. The number of fused-ring (bicyclic) bond motifs is 2. The Balaban J connectivity index is 1.30. The van der Waals surface area contributed by atoms with Crippen molar-refractivity contribution in [1.82, 2.24) is 30.2 Å². The molecule has 0 aliphatic carbocycles. The summed E-state index contributed by atoms with van der Waals surface area (Å²) in [5.41, 5.74) is 2.45. The maximum atomic E-state index is 13.2. The van der Waals surface area contributed by atoms with E-state index in [1.165, 1.54) is 35.0 Å². The van der Waals surface area contributed by atoms with Gasteiger partial charge in [0.1, 0.15) is 17.1 Å². The van der Waals surface area contributed by atoms with Gasteiger partial charge in [0, 0.05) is 32.1 Å². The highest BCUT2D eigenvalue weighted by atomic mass is 19.3. The molecule has 194 valence electrons. The monoisotopic (exact) mass is 522 g/mol. The molecule has 3 heterocycles. The molecule has 0 atom stereocenters. The van der Waals surface area contributed by atoms with Crippen molar-refractivity contribution in [3.8, 4) is 5.75 Å². The molecule has 0 unspecified atom stereocenters. The molecule has 0 aliphatic rings. The highest BCUT2D eigenvalue weighted by Crippen LogP contribution is 2.22. The lowest BCUT2D eigenvalue weighted by molar-refractivity contribution is -0.159. The molecule has 38 heavy (non-hydrogen) atoms. The standard InChI is InChI=1S/C25H20F2N6O5/c1-25(26,27)38-16-4-2-3-14(9-16)12-29-23(35)19-11-18(31-21-7-8-30-33(19)21)22(34)28-13-15-5-6-20-17(10-15)32-24(36)37-20/h2-11H,12-13H2,1H3,(H,28,34)(H,29,35)(H,32,36). The lowest BCUT2D eigenvalue weighted by Gasteiger charge is -2.14.